The van der Waals surface area contributed by atoms with Crippen LogP contribution in [0.3, 0.4) is 0 Å². The van der Waals surface area contributed by atoms with Crippen molar-refractivity contribution in [3.63, 3.8) is 0 Å². The Labute approximate surface area is 109 Å². The molecule has 1 atom stereocenters. The molecule has 1 aromatic rings. The molecule has 1 amide bonds. The van der Waals surface area contributed by atoms with Gasteiger partial charge in [0, 0.05) is 13.0 Å². The third kappa shape index (κ3) is 6.86. The third-order valence-corrected chi connectivity index (χ3v) is 2.53. The zero-order valence-corrected chi connectivity index (χ0v) is 10.8. The standard InChI is InChI=1S/C15H21NO2/c1-13(17)11-12-16-15(18)10-6-5-9-14-7-3-2-4-8-14/h2-5,7-9,13,17H,6,10-12H2,1H3,(H,16,18)/b9-5+. The molecule has 0 bridgehead atoms. The predicted molar refractivity (Wildman–Crippen MR) is 74.0 cm³/mol. The van der Waals surface area contributed by atoms with Crippen LogP contribution in [0.1, 0.15) is 31.7 Å². The Bertz CT molecular complexity index is 371. The van der Waals surface area contributed by atoms with E-state index in [1.165, 1.54) is 0 Å². The van der Waals surface area contributed by atoms with Crippen molar-refractivity contribution in [2.45, 2.75) is 32.3 Å². The van der Waals surface area contributed by atoms with Gasteiger partial charge in [0.1, 0.15) is 0 Å². The molecule has 98 valence electrons. The molecule has 0 fully saturated rings. The predicted octanol–water partition coefficient (Wildman–Crippen LogP) is 2.37. The Hall–Kier alpha value is -1.61. The number of rotatable bonds is 7. The number of allylic oxidation sites excluding steroid dienone is 1. The van der Waals surface area contributed by atoms with E-state index in [0.29, 0.717) is 19.4 Å². The minimum Gasteiger partial charge on any atom is -0.393 e. The summed E-state index contributed by atoms with van der Waals surface area (Å²) in [6.07, 6.45) is 5.49. The van der Waals surface area contributed by atoms with E-state index < -0.39 is 0 Å². The van der Waals surface area contributed by atoms with E-state index >= 15 is 0 Å². The minimum absolute atomic E-state index is 0.0355. The van der Waals surface area contributed by atoms with E-state index in [9.17, 15) is 4.79 Å². The Morgan fingerprint density at radius 1 is 1.39 bits per heavy atom. The number of benzene rings is 1. The first kappa shape index (κ1) is 14.5. The molecule has 3 heteroatoms. The van der Waals surface area contributed by atoms with Crippen molar-refractivity contribution in [2.24, 2.45) is 0 Å². The summed E-state index contributed by atoms with van der Waals surface area (Å²) in [4.78, 5) is 11.4. The summed E-state index contributed by atoms with van der Waals surface area (Å²) < 4.78 is 0. The van der Waals surface area contributed by atoms with E-state index in [1.54, 1.807) is 6.92 Å². The van der Waals surface area contributed by atoms with Crippen LogP contribution in [0.2, 0.25) is 0 Å². The van der Waals surface area contributed by atoms with Gasteiger partial charge in [-0.2, -0.15) is 0 Å². The Balaban J connectivity index is 2.14. The van der Waals surface area contributed by atoms with Crippen molar-refractivity contribution in [3.05, 3.63) is 42.0 Å². The Morgan fingerprint density at radius 2 is 2.11 bits per heavy atom. The molecule has 1 rings (SSSR count). The highest BCUT2D eigenvalue weighted by atomic mass is 16.3. The van der Waals surface area contributed by atoms with Gasteiger partial charge in [-0.25, -0.2) is 0 Å². The van der Waals surface area contributed by atoms with E-state index in [1.807, 2.05) is 42.5 Å². The molecule has 0 aliphatic rings. The second kappa shape index (κ2) is 8.48. The first-order valence-corrected chi connectivity index (χ1v) is 6.35. The summed E-state index contributed by atoms with van der Waals surface area (Å²) in [5, 5.41) is 11.8. The molecular formula is C15H21NO2. The van der Waals surface area contributed by atoms with Gasteiger partial charge in [0.05, 0.1) is 6.10 Å². The van der Waals surface area contributed by atoms with Gasteiger partial charge < -0.3 is 10.4 Å². The number of nitrogens with one attached hydrogen (secondary N) is 1. The third-order valence-electron chi connectivity index (χ3n) is 2.53. The zero-order valence-electron chi connectivity index (χ0n) is 10.8. The number of carbonyl (C=O) groups excluding carboxylic acids is 1. The molecule has 3 nitrogen and oxygen atoms in total. The molecule has 0 aliphatic heterocycles. The summed E-state index contributed by atoms with van der Waals surface area (Å²) in [5.74, 6) is 0.0355. The van der Waals surface area contributed by atoms with Crippen LogP contribution < -0.4 is 5.32 Å². The SMILES string of the molecule is CC(O)CCNC(=O)CC/C=C/c1ccccc1. The van der Waals surface area contributed by atoms with E-state index in [2.05, 4.69) is 5.32 Å². The number of hydrogen-bond acceptors (Lipinski definition) is 2. The maximum Gasteiger partial charge on any atom is 0.220 e. The molecule has 1 aromatic carbocycles. The van der Waals surface area contributed by atoms with Gasteiger partial charge in [0.25, 0.3) is 0 Å². The highest BCUT2D eigenvalue weighted by molar-refractivity contribution is 5.76. The van der Waals surface area contributed by atoms with Crippen LogP contribution in [0.25, 0.3) is 6.08 Å². The summed E-state index contributed by atoms with van der Waals surface area (Å²) in [6.45, 7) is 2.26. The van der Waals surface area contributed by atoms with Gasteiger partial charge in [-0.3, -0.25) is 4.79 Å². The fourth-order valence-electron chi connectivity index (χ4n) is 1.51. The molecule has 18 heavy (non-hydrogen) atoms. The molecule has 0 radical (unpaired) electrons. The van der Waals surface area contributed by atoms with Crippen LogP contribution in [0.5, 0.6) is 0 Å². The maximum absolute atomic E-state index is 11.4. The van der Waals surface area contributed by atoms with Crippen LogP contribution in [-0.2, 0) is 4.79 Å². The monoisotopic (exact) mass is 247 g/mol. The Morgan fingerprint density at radius 3 is 2.78 bits per heavy atom. The zero-order chi connectivity index (χ0) is 13.2. The molecular weight excluding hydrogens is 226 g/mol. The smallest absolute Gasteiger partial charge is 0.220 e. The quantitative estimate of drug-likeness (QED) is 0.777. The molecule has 0 aromatic heterocycles. The highest BCUT2D eigenvalue weighted by Gasteiger charge is 2.00. The van der Waals surface area contributed by atoms with Gasteiger partial charge in [0.2, 0.25) is 5.91 Å². The maximum atomic E-state index is 11.4. The van der Waals surface area contributed by atoms with E-state index in [4.69, 9.17) is 5.11 Å². The number of amides is 1. The van der Waals surface area contributed by atoms with Gasteiger partial charge in [-0.1, -0.05) is 42.5 Å². The molecule has 0 spiro atoms. The normalized spacial score (nSPS) is 12.6. The lowest BCUT2D eigenvalue weighted by molar-refractivity contribution is -0.121. The lowest BCUT2D eigenvalue weighted by Gasteiger charge is -2.05. The number of hydrogen-bond donors (Lipinski definition) is 2. The van der Waals surface area contributed by atoms with Gasteiger partial charge >= 0.3 is 0 Å². The van der Waals surface area contributed by atoms with Crippen molar-refractivity contribution >= 4 is 12.0 Å². The van der Waals surface area contributed by atoms with Crippen molar-refractivity contribution in [2.75, 3.05) is 6.54 Å². The van der Waals surface area contributed by atoms with Gasteiger partial charge in [0.15, 0.2) is 0 Å². The Kier molecular flexibility index (Phi) is 6.81. The van der Waals surface area contributed by atoms with Crippen LogP contribution in [0.15, 0.2) is 36.4 Å². The number of aliphatic hydroxyl groups is 1. The molecule has 0 heterocycles. The minimum atomic E-state index is -0.358. The van der Waals surface area contributed by atoms with Crippen LogP contribution in [-0.4, -0.2) is 23.7 Å². The average molecular weight is 247 g/mol. The highest BCUT2D eigenvalue weighted by Crippen LogP contribution is 2.02. The van der Waals surface area contributed by atoms with E-state index in [-0.39, 0.29) is 12.0 Å². The number of aliphatic hydroxyl groups excluding tert-OH is 1. The van der Waals surface area contributed by atoms with Crippen LogP contribution in [0.4, 0.5) is 0 Å². The summed E-state index contributed by atoms with van der Waals surface area (Å²) in [5.41, 5.74) is 1.15. The molecule has 2 N–H and O–H groups in total. The summed E-state index contributed by atoms with van der Waals surface area (Å²) >= 11 is 0. The summed E-state index contributed by atoms with van der Waals surface area (Å²) in [6, 6.07) is 10.0. The van der Waals surface area contributed by atoms with Crippen molar-refractivity contribution < 1.29 is 9.90 Å². The first-order chi connectivity index (χ1) is 8.68. The second-order valence-corrected chi connectivity index (χ2v) is 4.34. The van der Waals surface area contributed by atoms with Crippen molar-refractivity contribution in [1.29, 1.82) is 0 Å². The molecule has 1 unspecified atom stereocenters. The topological polar surface area (TPSA) is 49.3 Å². The van der Waals surface area contributed by atoms with Crippen LogP contribution in [0, 0.1) is 0 Å². The van der Waals surface area contributed by atoms with Crippen molar-refractivity contribution in [1.82, 2.24) is 5.32 Å². The number of carbonyl (C=O) groups is 1. The average Bonchev–Trinajstić information content (AvgIpc) is 2.35. The summed E-state index contributed by atoms with van der Waals surface area (Å²) in [7, 11) is 0. The molecule has 0 saturated heterocycles. The largest absolute Gasteiger partial charge is 0.393 e. The lowest BCUT2D eigenvalue weighted by atomic mass is 10.2. The van der Waals surface area contributed by atoms with Crippen molar-refractivity contribution in [3.8, 4) is 0 Å². The van der Waals surface area contributed by atoms with E-state index in [0.717, 1.165) is 12.0 Å². The van der Waals surface area contributed by atoms with Gasteiger partial charge in [-0.05, 0) is 25.3 Å². The van der Waals surface area contributed by atoms with Gasteiger partial charge in [-0.15, -0.1) is 0 Å². The fraction of sp³-hybridized carbons (Fsp3) is 0.400. The fourth-order valence-corrected chi connectivity index (χ4v) is 1.51. The van der Waals surface area contributed by atoms with Crippen LogP contribution >= 0.6 is 0 Å². The second-order valence-electron chi connectivity index (χ2n) is 4.34. The lowest BCUT2D eigenvalue weighted by Crippen LogP contribution is -2.25. The molecule has 0 aliphatic carbocycles. The first-order valence-electron chi connectivity index (χ1n) is 6.35. The molecule has 0 saturated carbocycles.